The van der Waals surface area contributed by atoms with Crippen LogP contribution in [0.25, 0.3) is 11.0 Å². The number of carbonyl (C=O) groups is 1. The molecule has 1 aliphatic heterocycles. The van der Waals surface area contributed by atoms with Gasteiger partial charge in [0.25, 0.3) is 0 Å². The number of benzene rings is 1. The van der Waals surface area contributed by atoms with Crippen molar-refractivity contribution in [2.75, 3.05) is 7.11 Å². The fourth-order valence-corrected chi connectivity index (χ4v) is 2.16. The van der Waals surface area contributed by atoms with E-state index in [4.69, 9.17) is 4.74 Å². The number of carbonyl (C=O) groups excluding carboxylic acids is 1. The van der Waals surface area contributed by atoms with E-state index >= 15 is 0 Å². The Morgan fingerprint density at radius 1 is 1.39 bits per heavy atom. The molecule has 92 valence electrons. The van der Waals surface area contributed by atoms with E-state index in [-0.39, 0.29) is 5.97 Å². The van der Waals surface area contributed by atoms with Gasteiger partial charge in [0.15, 0.2) is 0 Å². The van der Waals surface area contributed by atoms with Gasteiger partial charge in [0.2, 0.25) is 0 Å². The third-order valence-corrected chi connectivity index (χ3v) is 3.08. The van der Waals surface area contributed by atoms with Gasteiger partial charge >= 0.3 is 5.97 Å². The molecule has 0 saturated carbocycles. The fourth-order valence-electron chi connectivity index (χ4n) is 2.16. The first-order chi connectivity index (χ1) is 8.69. The van der Waals surface area contributed by atoms with Gasteiger partial charge in [-0.25, -0.2) is 14.5 Å². The summed E-state index contributed by atoms with van der Waals surface area (Å²) >= 11 is 0. The zero-order chi connectivity index (χ0) is 12.7. The summed E-state index contributed by atoms with van der Waals surface area (Å²) < 4.78 is 6.45. The van der Waals surface area contributed by atoms with Gasteiger partial charge in [-0.05, 0) is 24.6 Å². The highest BCUT2D eigenvalue weighted by Gasteiger charge is 2.21. The third-order valence-electron chi connectivity index (χ3n) is 3.08. The fraction of sp³-hybridized carbons (Fsp3) is 0.308. The Kier molecular flexibility index (Phi) is 2.40. The molecule has 1 aromatic heterocycles. The van der Waals surface area contributed by atoms with Crippen LogP contribution in [-0.2, 0) is 16.0 Å². The molecule has 0 fully saturated rings. The summed E-state index contributed by atoms with van der Waals surface area (Å²) in [6.45, 7) is 2.03. The number of rotatable bonds is 1. The van der Waals surface area contributed by atoms with E-state index in [1.807, 2.05) is 25.1 Å². The van der Waals surface area contributed by atoms with Crippen LogP contribution in [0.4, 0.5) is 0 Å². The Hall–Kier alpha value is -2.17. The first kappa shape index (κ1) is 11.0. The minimum absolute atomic E-state index is 0.366. The van der Waals surface area contributed by atoms with Gasteiger partial charge in [-0.2, -0.15) is 5.10 Å². The molecule has 0 atom stereocenters. The molecule has 1 aromatic carbocycles. The number of esters is 1. The first-order valence-electron chi connectivity index (χ1n) is 5.83. The maximum atomic E-state index is 11.5. The van der Waals surface area contributed by atoms with Crippen molar-refractivity contribution in [3.63, 3.8) is 0 Å². The molecule has 2 heterocycles. The Morgan fingerprint density at radius 2 is 2.22 bits per heavy atom. The summed E-state index contributed by atoms with van der Waals surface area (Å²) in [5, 5.41) is 4.33. The number of fused-ring (bicyclic) bond motifs is 3. The Balaban J connectivity index is 2.17. The number of ether oxygens (including phenoxy) is 1. The lowest BCUT2D eigenvalue weighted by Gasteiger charge is -2.11. The normalized spacial score (nSPS) is 14.2. The molecule has 0 aliphatic carbocycles. The number of nitrogens with zero attached hydrogens (tertiary/aromatic N) is 3. The number of methoxy groups -OCH3 is 1. The molecular weight excluding hydrogens is 230 g/mol. The average molecular weight is 243 g/mol. The predicted octanol–water partition coefficient (Wildman–Crippen LogP) is 1.67. The van der Waals surface area contributed by atoms with Gasteiger partial charge < -0.3 is 4.74 Å². The van der Waals surface area contributed by atoms with Crippen LogP contribution in [0.2, 0.25) is 0 Å². The zero-order valence-corrected chi connectivity index (χ0v) is 10.3. The summed E-state index contributed by atoms with van der Waals surface area (Å²) in [5.74, 6) is 0.526. The minimum atomic E-state index is -0.366. The Morgan fingerprint density at radius 3 is 3.00 bits per heavy atom. The van der Waals surface area contributed by atoms with E-state index in [2.05, 4.69) is 10.1 Å². The molecule has 0 unspecified atom stereocenters. The predicted molar refractivity (Wildman–Crippen MR) is 67.6 cm³/mol. The number of imidazole rings is 1. The van der Waals surface area contributed by atoms with Crippen LogP contribution in [0.15, 0.2) is 23.3 Å². The van der Waals surface area contributed by atoms with E-state index in [0.717, 1.165) is 22.4 Å². The molecule has 2 aromatic rings. The van der Waals surface area contributed by atoms with Crippen LogP contribution in [0.3, 0.4) is 0 Å². The first-order valence-corrected chi connectivity index (χ1v) is 5.83. The molecule has 18 heavy (non-hydrogen) atoms. The van der Waals surface area contributed by atoms with Gasteiger partial charge in [-0.3, -0.25) is 0 Å². The van der Waals surface area contributed by atoms with E-state index in [9.17, 15) is 4.79 Å². The molecule has 5 heteroatoms. The largest absolute Gasteiger partial charge is 0.464 e. The molecular formula is C13H13N3O2. The van der Waals surface area contributed by atoms with Crippen LogP contribution >= 0.6 is 0 Å². The van der Waals surface area contributed by atoms with Crippen molar-refractivity contribution in [1.82, 2.24) is 9.66 Å². The van der Waals surface area contributed by atoms with Gasteiger partial charge in [-0.1, -0.05) is 6.07 Å². The lowest BCUT2D eigenvalue weighted by molar-refractivity contribution is -0.132. The van der Waals surface area contributed by atoms with Crippen molar-refractivity contribution >= 4 is 22.7 Å². The highest BCUT2D eigenvalue weighted by molar-refractivity contribution is 6.36. The van der Waals surface area contributed by atoms with Crippen LogP contribution in [-0.4, -0.2) is 28.5 Å². The SMILES string of the molecule is COC(=O)C1=Nn2c(nc3cc(C)ccc32)CC1. The molecule has 0 bridgehead atoms. The molecule has 0 saturated heterocycles. The number of aromatic nitrogens is 2. The zero-order valence-electron chi connectivity index (χ0n) is 10.3. The van der Waals surface area contributed by atoms with Crippen LogP contribution in [0, 0.1) is 6.92 Å². The van der Waals surface area contributed by atoms with Gasteiger partial charge in [0.1, 0.15) is 11.5 Å². The highest BCUT2D eigenvalue weighted by Crippen LogP contribution is 2.21. The van der Waals surface area contributed by atoms with Crippen molar-refractivity contribution in [1.29, 1.82) is 0 Å². The summed E-state index contributed by atoms with van der Waals surface area (Å²) in [6.07, 6.45) is 1.29. The second-order valence-corrected chi connectivity index (χ2v) is 4.37. The molecule has 0 amide bonds. The monoisotopic (exact) mass is 243 g/mol. The lowest BCUT2D eigenvalue weighted by atomic mass is 10.2. The number of aryl methyl sites for hydroxylation is 2. The topological polar surface area (TPSA) is 56.5 Å². The summed E-state index contributed by atoms with van der Waals surface area (Å²) in [5.41, 5.74) is 3.46. The van der Waals surface area contributed by atoms with Gasteiger partial charge in [0.05, 0.1) is 18.1 Å². The molecule has 0 spiro atoms. The van der Waals surface area contributed by atoms with Crippen LogP contribution in [0.1, 0.15) is 17.8 Å². The van der Waals surface area contributed by atoms with E-state index in [1.54, 1.807) is 4.68 Å². The molecule has 0 radical (unpaired) electrons. The van der Waals surface area contributed by atoms with E-state index in [1.165, 1.54) is 7.11 Å². The van der Waals surface area contributed by atoms with E-state index < -0.39 is 0 Å². The van der Waals surface area contributed by atoms with E-state index in [0.29, 0.717) is 18.6 Å². The quantitative estimate of drug-likeness (QED) is 0.716. The second kappa shape index (κ2) is 3.94. The van der Waals surface area contributed by atoms with Crippen molar-refractivity contribution < 1.29 is 9.53 Å². The molecule has 5 nitrogen and oxygen atoms in total. The number of hydrogen-bond donors (Lipinski definition) is 0. The standard InChI is InChI=1S/C13H13N3O2/c1-8-3-5-11-10(7-8)14-12-6-4-9(13(17)18-2)15-16(11)12/h3,5,7H,4,6H2,1-2H3. The third kappa shape index (κ3) is 1.59. The maximum absolute atomic E-state index is 11.5. The molecule has 1 aliphatic rings. The van der Waals surface area contributed by atoms with Gasteiger partial charge in [0, 0.05) is 12.8 Å². The molecule has 0 N–H and O–H groups in total. The Labute approximate surface area is 104 Å². The summed E-state index contributed by atoms with van der Waals surface area (Å²) in [4.78, 5) is 16.0. The maximum Gasteiger partial charge on any atom is 0.354 e. The minimum Gasteiger partial charge on any atom is -0.464 e. The van der Waals surface area contributed by atoms with Crippen LogP contribution < -0.4 is 0 Å². The number of hydrogen-bond acceptors (Lipinski definition) is 4. The van der Waals surface area contributed by atoms with Crippen LogP contribution in [0.5, 0.6) is 0 Å². The summed E-state index contributed by atoms with van der Waals surface area (Å²) in [7, 11) is 1.37. The smallest absolute Gasteiger partial charge is 0.354 e. The average Bonchev–Trinajstić information content (AvgIpc) is 2.74. The Bertz CT molecular complexity index is 670. The van der Waals surface area contributed by atoms with Crippen molar-refractivity contribution in [2.45, 2.75) is 19.8 Å². The summed E-state index contributed by atoms with van der Waals surface area (Å²) in [6, 6.07) is 6.01. The van der Waals surface area contributed by atoms with Crippen molar-refractivity contribution in [2.24, 2.45) is 5.10 Å². The van der Waals surface area contributed by atoms with Crippen molar-refractivity contribution in [3.05, 3.63) is 29.6 Å². The van der Waals surface area contributed by atoms with Crippen molar-refractivity contribution in [3.8, 4) is 0 Å². The van der Waals surface area contributed by atoms with Gasteiger partial charge in [-0.15, -0.1) is 0 Å². The lowest BCUT2D eigenvalue weighted by Crippen LogP contribution is -2.22. The second-order valence-electron chi connectivity index (χ2n) is 4.37. The highest BCUT2D eigenvalue weighted by atomic mass is 16.5. The molecule has 3 rings (SSSR count).